The van der Waals surface area contributed by atoms with Crippen LogP contribution in [0, 0.1) is 5.92 Å². The number of allylic oxidation sites excluding steroid dienone is 4. The summed E-state index contributed by atoms with van der Waals surface area (Å²) in [5.41, 5.74) is 1.74. The summed E-state index contributed by atoms with van der Waals surface area (Å²) < 4.78 is 5.77. The zero-order valence-corrected chi connectivity index (χ0v) is 15.7. The molecule has 0 saturated carbocycles. The van der Waals surface area contributed by atoms with Crippen molar-refractivity contribution in [3.63, 3.8) is 0 Å². The number of nitrogens with one attached hydrogen (secondary N) is 2. The molecule has 1 aliphatic carbocycles. The third-order valence-corrected chi connectivity index (χ3v) is 4.83. The van der Waals surface area contributed by atoms with Gasteiger partial charge in [-0.15, -0.1) is 0 Å². The van der Waals surface area contributed by atoms with Crippen molar-refractivity contribution in [2.24, 2.45) is 5.92 Å². The molecule has 3 atom stereocenters. The Bertz CT molecular complexity index is 425. The van der Waals surface area contributed by atoms with E-state index in [1.807, 2.05) is 0 Å². The molecule has 3 nitrogen and oxygen atoms in total. The highest BCUT2D eigenvalue weighted by Crippen LogP contribution is 2.24. The van der Waals surface area contributed by atoms with Gasteiger partial charge in [-0.1, -0.05) is 44.6 Å². The molecule has 3 unspecified atom stereocenters. The lowest BCUT2D eigenvalue weighted by Crippen LogP contribution is -2.59. The maximum absolute atomic E-state index is 5.77. The molecule has 0 aromatic heterocycles. The van der Waals surface area contributed by atoms with Crippen LogP contribution < -0.4 is 10.6 Å². The molecular formula is C20H36N2O. The lowest BCUT2D eigenvalue weighted by atomic mass is 9.89. The fourth-order valence-corrected chi connectivity index (χ4v) is 3.55. The van der Waals surface area contributed by atoms with Crippen LogP contribution in [0.15, 0.2) is 23.8 Å². The summed E-state index contributed by atoms with van der Waals surface area (Å²) in [5.74, 6) is 0.709. The van der Waals surface area contributed by atoms with Crippen LogP contribution >= 0.6 is 0 Å². The Hall–Kier alpha value is -0.640. The van der Waals surface area contributed by atoms with E-state index in [4.69, 9.17) is 4.74 Å². The van der Waals surface area contributed by atoms with E-state index in [0.717, 1.165) is 19.6 Å². The Morgan fingerprint density at radius 2 is 2.13 bits per heavy atom. The highest BCUT2D eigenvalue weighted by atomic mass is 16.5. The summed E-state index contributed by atoms with van der Waals surface area (Å²) >= 11 is 0. The largest absolute Gasteiger partial charge is 0.375 e. The van der Waals surface area contributed by atoms with E-state index in [2.05, 4.69) is 63.5 Å². The topological polar surface area (TPSA) is 33.3 Å². The predicted molar refractivity (Wildman–Crippen MR) is 98.7 cm³/mol. The van der Waals surface area contributed by atoms with Gasteiger partial charge < -0.3 is 15.4 Å². The first kappa shape index (κ1) is 18.7. The Morgan fingerprint density at radius 3 is 2.74 bits per heavy atom. The normalized spacial score (nSPS) is 27.9. The smallest absolute Gasteiger partial charge is 0.0768 e. The first-order valence-corrected chi connectivity index (χ1v) is 9.34. The summed E-state index contributed by atoms with van der Waals surface area (Å²) in [4.78, 5) is 0. The number of hydrogen-bond acceptors (Lipinski definition) is 3. The Kier molecular flexibility index (Phi) is 6.87. The van der Waals surface area contributed by atoms with E-state index in [9.17, 15) is 0 Å². The van der Waals surface area contributed by atoms with Crippen LogP contribution in [0.5, 0.6) is 0 Å². The van der Waals surface area contributed by atoms with Gasteiger partial charge in [-0.05, 0) is 52.0 Å². The van der Waals surface area contributed by atoms with Crippen molar-refractivity contribution in [2.75, 3.05) is 13.2 Å². The van der Waals surface area contributed by atoms with E-state index in [-0.39, 0.29) is 5.54 Å². The van der Waals surface area contributed by atoms with E-state index in [0.29, 0.717) is 24.1 Å². The molecule has 0 amide bonds. The number of ether oxygens (including phenoxy) is 1. The SMILES string of the molecule is CC1C=CC=C(CCCNC(C)(C)CC2OCC2NC(C)C)C1. The van der Waals surface area contributed by atoms with Crippen molar-refractivity contribution in [2.45, 2.75) is 84.0 Å². The van der Waals surface area contributed by atoms with Crippen LogP contribution in [-0.2, 0) is 4.74 Å². The molecule has 0 spiro atoms. The van der Waals surface area contributed by atoms with Crippen molar-refractivity contribution >= 4 is 0 Å². The quantitative estimate of drug-likeness (QED) is 0.634. The van der Waals surface area contributed by atoms with E-state index >= 15 is 0 Å². The standard InChI is InChI=1S/C20H36N2O/c1-15(2)22-18-14-23-19(18)13-20(4,5)21-11-7-10-17-9-6-8-16(3)12-17/h6,8-9,15-16,18-19,21-22H,7,10-14H2,1-5H3. The van der Waals surface area contributed by atoms with Crippen LogP contribution in [0.4, 0.5) is 0 Å². The molecule has 0 bridgehead atoms. The Labute approximate surface area is 142 Å². The van der Waals surface area contributed by atoms with Gasteiger partial charge in [-0.25, -0.2) is 0 Å². The summed E-state index contributed by atoms with van der Waals surface area (Å²) in [6, 6.07) is 1.06. The van der Waals surface area contributed by atoms with Crippen LogP contribution in [0.3, 0.4) is 0 Å². The number of hydrogen-bond donors (Lipinski definition) is 2. The van der Waals surface area contributed by atoms with Crippen molar-refractivity contribution in [3.8, 4) is 0 Å². The highest BCUT2D eigenvalue weighted by molar-refractivity contribution is 5.19. The second kappa shape index (κ2) is 8.46. The number of rotatable bonds is 9. The second-order valence-electron chi connectivity index (χ2n) is 8.31. The minimum atomic E-state index is 0.135. The highest BCUT2D eigenvalue weighted by Gasteiger charge is 2.36. The van der Waals surface area contributed by atoms with Crippen molar-refractivity contribution < 1.29 is 4.74 Å². The fourth-order valence-electron chi connectivity index (χ4n) is 3.55. The van der Waals surface area contributed by atoms with E-state index in [1.165, 1.54) is 19.3 Å². The van der Waals surface area contributed by atoms with Gasteiger partial charge >= 0.3 is 0 Å². The maximum atomic E-state index is 5.77. The molecular weight excluding hydrogens is 284 g/mol. The minimum absolute atomic E-state index is 0.135. The maximum Gasteiger partial charge on any atom is 0.0768 e. The monoisotopic (exact) mass is 320 g/mol. The lowest BCUT2D eigenvalue weighted by Gasteiger charge is -2.43. The van der Waals surface area contributed by atoms with Gasteiger partial charge in [0.15, 0.2) is 0 Å². The van der Waals surface area contributed by atoms with E-state index < -0.39 is 0 Å². The summed E-state index contributed by atoms with van der Waals surface area (Å²) in [7, 11) is 0. The van der Waals surface area contributed by atoms with Gasteiger partial charge in [0, 0.05) is 11.6 Å². The van der Waals surface area contributed by atoms with Gasteiger partial charge in [-0.3, -0.25) is 0 Å². The molecule has 3 heteroatoms. The average molecular weight is 321 g/mol. The molecule has 0 aromatic carbocycles. The zero-order valence-electron chi connectivity index (χ0n) is 15.7. The fraction of sp³-hybridized carbons (Fsp3) is 0.800. The van der Waals surface area contributed by atoms with Gasteiger partial charge in [-0.2, -0.15) is 0 Å². The van der Waals surface area contributed by atoms with Crippen LogP contribution in [-0.4, -0.2) is 36.9 Å². The van der Waals surface area contributed by atoms with Gasteiger partial charge in [0.1, 0.15) is 0 Å². The molecule has 2 N–H and O–H groups in total. The summed E-state index contributed by atoms with van der Waals surface area (Å²) in [6.07, 6.45) is 11.9. The predicted octanol–water partition coefficient (Wildman–Crippen LogP) is 3.81. The summed E-state index contributed by atoms with van der Waals surface area (Å²) in [6.45, 7) is 13.2. The van der Waals surface area contributed by atoms with Gasteiger partial charge in [0.05, 0.1) is 18.8 Å². The molecule has 132 valence electrons. The van der Waals surface area contributed by atoms with E-state index in [1.54, 1.807) is 5.57 Å². The molecule has 2 rings (SSSR count). The van der Waals surface area contributed by atoms with Gasteiger partial charge in [0.2, 0.25) is 0 Å². The Balaban J connectivity index is 1.64. The minimum Gasteiger partial charge on any atom is -0.375 e. The first-order chi connectivity index (χ1) is 10.9. The first-order valence-electron chi connectivity index (χ1n) is 9.34. The molecule has 1 fully saturated rings. The molecule has 0 radical (unpaired) electrons. The van der Waals surface area contributed by atoms with Crippen molar-refractivity contribution in [1.82, 2.24) is 10.6 Å². The van der Waals surface area contributed by atoms with Crippen molar-refractivity contribution in [1.29, 1.82) is 0 Å². The molecule has 23 heavy (non-hydrogen) atoms. The van der Waals surface area contributed by atoms with Crippen LogP contribution in [0.25, 0.3) is 0 Å². The average Bonchev–Trinajstić information content (AvgIpc) is 2.46. The molecule has 1 aliphatic heterocycles. The van der Waals surface area contributed by atoms with Gasteiger partial charge in [0.25, 0.3) is 0 Å². The third kappa shape index (κ3) is 6.40. The zero-order chi connectivity index (χ0) is 16.9. The lowest BCUT2D eigenvalue weighted by molar-refractivity contribution is -0.102. The van der Waals surface area contributed by atoms with Crippen molar-refractivity contribution in [3.05, 3.63) is 23.8 Å². The molecule has 1 saturated heterocycles. The molecule has 0 aromatic rings. The van der Waals surface area contributed by atoms with Crippen LogP contribution in [0.1, 0.15) is 60.3 Å². The van der Waals surface area contributed by atoms with Crippen LogP contribution in [0.2, 0.25) is 0 Å². The summed E-state index contributed by atoms with van der Waals surface area (Å²) in [5, 5.41) is 7.33. The Morgan fingerprint density at radius 1 is 1.35 bits per heavy atom. The molecule has 2 aliphatic rings. The molecule has 1 heterocycles. The second-order valence-corrected chi connectivity index (χ2v) is 8.31. The third-order valence-electron chi connectivity index (χ3n) is 4.83.